The molecule has 0 aromatic heterocycles. The van der Waals surface area contributed by atoms with Gasteiger partial charge in [-0.1, -0.05) is 17.7 Å². The molecule has 15 heavy (non-hydrogen) atoms. The molecule has 84 valence electrons. The van der Waals surface area contributed by atoms with Crippen molar-refractivity contribution >= 4 is 23.2 Å². The lowest BCUT2D eigenvalue weighted by atomic mass is 10.2. The van der Waals surface area contributed by atoms with Crippen molar-refractivity contribution in [1.82, 2.24) is 5.32 Å². The quantitative estimate of drug-likeness (QED) is 0.787. The monoisotopic (exact) mass is 249 g/mol. The van der Waals surface area contributed by atoms with E-state index in [2.05, 4.69) is 5.32 Å². The molecular formula is C11H14Cl2FN. The lowest BCUT2D eigenvalue weighted by Gasteiger charge is -2.13. The van der Waals surface area contributed by atoms with Gasteiger partial charge in [-0.15, -0.1) is 11.6 Å². The fourth-order valence-electron chi connectivity index (χ4n) is 1.24. The van der Waals surface area contributed by atoms with Gasteiger partial charge in [0.1, 0.15) is 5.82 Å². The van der Waals surface area contributed by atoms with Crippen LogP contribution in [-0.2, 0) is 6.54 Å². The summed E-state index contributed by atoms with van der Waals surface area (Å²) in [5.41, 5.74) is 0.514. The molecule has 0 saturated heterocycles. The molecule has 0 aliphatic rings. The zero-order valence-electron chi connectivity index (χ0n) is 8.56. The van der Waals surface area contributed by atoms with Crippen molar-refractivity contribution in [3.8, 4) is 0 Å². The minimum atomic E-state index is -0.270. The number of benzene rings is 1. The van der Waals surface area contributed by atoms with Crippen LogP contribution in [0.1, 0.15) is 18.9 Å². The topological polar surface area (TPSA) is 12.0 Å². The van der Waals surface area contributed by atoms with Crippen LogP contribution >= 0.6 is 23.2 Å². The molecule has 1 aromatic rings. The molecule has 1 N–H and O–H groups in total. The average Bonchev–Trinajstić information content (AvgIpc) is 2.17. The molecule has 0 aliphatic carbocycles. The lowest BCUT2D eigenvalue weighted by Crippen LogP contribution is -2.26. The highest BCUT2D eigenvalue weighted by Gasteiger charge is 2.07. The minimum Gasteiger partial charge on any atom is -0.310 e. The summed E-state index contributed by atoms with van der Waals surface area (Å²) in [6, 6.07) is 4.96. The first-order valence-electron chi connectivity index (χ1n) is 4.87. The Labute approximate surface area is 99.6 Å². The molecule has 0 radical (unpaired) electrons. The summed E-state index contributed by atoms with van der Waals surface area (Å²) in [6.07, 6.45) is 0.855. The summed E-state index contributed by atoms with van der Waals surface area (Å²) in [5, 5.41) is 3.63. The van der Waals surface area contributed by atoms with E-state index in [4.69, 9.17) is 23.2 Å². The number of alkyl halides is 1. The van der Waals surface area contributed by atoms with Gasteiger partial charge in [0.25, 0.3) is 0 Å². The maximum atomic E-state index is 13.3. The Morgan fingerprint density at radius 1 is 1.47 bits per heavy atom. The molecule has 1 atom stereocenters. The average molecular weight is 250 g/mol. The second-order valence-corrected chi connectivity index (χ2v) is 4.24. The Morgan fingerprint density at radius 3 is 2.80 bits per heavy atom. The zero-order chi connectivity index (χ0) is 11.3. The van der Waals surface area contributed by atoms with Crippen LogP contribution in [0.15, 0.2) is 18.2 Å². The Balaban J connectivity index is 2.57. The number of hydrogen-bond donors (Lipinski definition) is 1. The number of halogens is 3. The van der Waals surface area contributed by atoms with Gasteiger partial charge < -0.3 is 5.32 Å². The molecule has 0 aliphatic heterocycles. The minimum absolute atomic E-state index is 0.262. The fraction of sp³-hybridized carbons (Fsp3) is 0.455. The summed E-state index contributed by atoms with van der Waals surface area (Å²) >= 11 is 11.5. The number of rotatable bonds is 5. The van der Waals surface area contributed by atoms with Crippen LogP contribution in [0.3, 0.4) is 0 Å². The maximum absolute atomic E-state index is 13.3. The highest BCUT2D eigenvalue weighted by atomic mass is 35.5. The standard InChI is InChI=1S/C11H14Cl2FN/c1-8(5-6-12)15-7-9-10(13)3-2-4-11(9)14/h2-4,8,15H,5-7H2,1H3. The van der Waals surface area contributed by atoms with Crippen molar-refractivity contribution in [2.24, 2.45) is 0 Å². The van der Waals surface area contributed by atoms with Gasteiger partial charge >= 0.3 is 0 Å². The van der Waals surface area contributed by atoms with E-state index in [0.717, 1.165) is 6.42 Å². The summed E-state index contributed by atoms with van der Waals surface area (Å²) in [7, 11) is 0. The van der Waals surface area contributed by atoms with Crippen molar-refractivity contribution in [2.45, 2.75) is 25.9 Å². The summed E-state index contributed by atoms with van der Waals surface area (Å²) in [6.45, 7) is 2.45. The molecule has 1 nitrogen and oxygen atoms in total. The second kappa shape index (κ2) is 6.31. The predicted octanol–water partition coefficient (Wildman–Crippen LogP) is 3.59. The third-order valence-corrected chi connectivity index (χ3v) is 2.80. The van der Waals surface area contributed by atoms with Crippen LogP contribution in [0.5, 0.6) is 0 Å². The van der Waals surface area contributed by atoms with Crippen LogP contribution < -0.4 is 5.32 Å². The van der Waals surface area contributed by atoms with Crippen molar-refractivity contribution in [3.63, 3.8) is 0 Å². The molecule has 0 amide bonds. The lowest BCUT2D eigenvalue weighted by molar-refractivity contribution is 0.519. The second-order valence-electron chi connectivity index (χ2n) is 3.46. The molecule has 1 aromatic carbocycles. The Morgan fingerprint density at radius 2 is 2.20 bits per heavy atom. The van der Waals surface area contributed by atoms with Gasteiger partial charge in [-0.2, -0.15) is 0 Å². The van der Waals surface area contributed by atoms with E-state index in [-0.39, 0.29) is 11.9 Å². The van der Waals surface area contributed by atoms with E-state index >= 15 is 0 Å². The van der Waals surface area contributed by atoms with Gasteiger partial charge in [0.2, 0.25) is 0 Å². The normalized spacial score (nSPS) is 12.8. The summed E-state index contributed by atoms with van der Waals surface area (Å²) in [4.78, 5) is 0. The van der Waals surface area contributed by atoms with Gasteiger partial charge in [0, 0.05) is 29.1 Å². The Kier molecular flexibility index (Phi) is 5.37. The molecule has 0 spiro atoms. The Bertz CT molecular complexity index is 297. The third-order valence-electron chi connectivity index (χ3n) is 2.23. The van der Waals surface area contributed by atoms with Crippen molar-refractivity contribution in [2.75, 3.05) is 5.88 Å². The molecule has 0 bridgehead atoms. The van der Waals surface area contributed by atoms with E-state index in [1.807, 2.05) is 6.92 Å². The summed E-state index contributed by atoms with van der Waals surface area (Å²) in [5.74, 6) is 0.326. The molecule has 1 unspecified atom stereocenters. The van der Waals surface area contributed by atoms with Crippen molar-refractivity contribution in [1.29, 1.82) is 0 Å². The fourth-order valence-corrected chi connectivity index (χ4v) is 1.80. The smallest absolute Gasteiger partial charge is 0.129 e. The molecule has 1 rings (SSSR count). The molecule has 0 fully saturated rings. The summed E-state index contributed by atoms with van der Waals surface area (Å²) < 4.78 is 13.3. The number of hydrogen-bond acceptors (Lipinski definition) is 1. The number of nitrogens with one attached hydrogen (secondary N) is 1. The largest absolute Gasteiger partial charge is 0.310 e. The van der Waals surface area contributed by atoms with E-state index in [0.29, 0.717) is 23.0 Å². The highest BCUT2D eigenvalue weighted by Crippen LogP contribution is 2.18. The van der Waals surface area contributed by atoms with E-state index in [1.165, 1.54) is 6.07 Å². The predicted molar refractivity (Wildman–Crippen MR) is 63.0 cm³/mol. The first-order valence-corrected chi connectivity index (χ1v) is 5.78. The van der Waals surface area contributed by atoms with Crippen LogP contribution in [0.4, 0.5) is 4.39 Å². The first kappa shape index (κ1) is 12.8. The van der Waals surface area contributed by atoms with E-state index in [9.17, 15) is 4.39 Å². The third kappa shape index (κ3) is 3.98. The van der Waals surface area contributed by atoms with Gasteiger partial charge in [0.05, 0.1) is 0 Å². The van der Waals surface area contributed by atoms with Crippen molar-refractivity contribution in [3.05, 3.63) is 34.6 Å². The van der Waals surface area contributed by atoms with Crippen LogP contribution in [0.25, 0.3) is 0 Å². The van der Waals surface area contributed by atoms with Crippen LogP contribution in [0, 0.1) is 5.82 Å². The molecule has 0 saturated carbocycles. The molecule has 4 heteroatoms. The SMILES string of the molecule is CC(CCCl)NCc1c(F)cccc1Cl. The van der Waals surface area contributed by atoms with Gasteiger partial charge in [0.15, 0.2) is 0 Å². The van der Waals surface area contributed by atoms with Gasteiger partial charge in [-0.3, -0.25) is 0 Å². The van der Waals surface area contributed by atoms with Gasteiger partial charge in [-0.05, 0) is 25.5 Å². The first-order chi connectivity index (χ1) is 7.15. The molecular weight excluding hydrogens is 236 g/mol. The van der Waals surface area contributed by atoms with Crippen LogP contribution in [0.2, 0.25) is 5.02 Å². The zero-order valence-corrected chi connectivity index (χ0v) is 10.1. The molecule has 0 heterocycles. The maximum Gasteiger partial charge on any atom is 0.129 e. The van der Waals surface area contributed by atoms with Gasteiger partial charge in [-0.25, -0.2) is 4.39 Å². The van der Waals surface area contributed by atoms with Crippen LogP contribution in [-0.4, -0.2) is 11.9 Å². The van der Waals surface area contributed by atoms with Crippen molar-refractivity contribution < 1.29 is 4.39 Å². The Hall–Kier alpha value is -0.310. The van der Waals surface area contributed by atoms with E-state index in [1.54, 1.807) is 12.1 Å². The van der Waals surface area contributed by atoms with E-state index < -0.39 is 0 Å². The highest BCUT2D eigenvalue weighted by molar-refractivity contribution is 6.31.